The van der Waals surface area contributed by atoms with Gasteiger partial charge in [0.2, 0.25) is 0 Å². The number of nitrogens with zero attached hydrogens (tertiary/aromatic N) is 2. The number of hydrogen-bond donors (Lipinski definition) is 2. The topological polar surface area (TPSA) is 78.1 Å². The zero-order chi connectivity index (χ0) is 13.8. The zero-order valence-corrected chi connectivity index (χ0v) is 12.2. The summed E-state index contributed by atoms with van der Waals surface area (Å²) in [5.41, 5.74) is 0. The largest absolute Gasteiger partial charge is 0.332 e. The quantitative estimate of drug-likeness (QED) is 0.763. The fraction of sp³-hybridized carbons (Fsp3) is 0.727. The monoisotopic (exact) mass is 274 g/mol. The van der Waals surface area contributed by atoms with E-state index in [9.17, 15) is 8.42 Å². The highest BCUT2D eigenvalue weighted by Gasteiger charge is 2.16. The maximum atomic E-state index is 11.9. The number of H-pyrrole nitrogens is 1. The van der Waals surface area contributed by atoms with E-state index < -0.39 is 10.0 Å². The van der Waals surface area contributed by atoms with Gasteiger partial charge in [-0.3, -0.25) is 0 Å². The SMILES string of the molecule is CCc1ncc(S(=O)(=O)NCCN(C)C(C)C)[nH]1. The molecule has 0 spiro atoms. The van der Waals surface area contributed by atoms with Crippen molar-refractivity contribution in [2.75, 3.05) is 20.1 Å². The summed E-state index contributed by atoms with van der Waals surface area (Å²) in [6.07, 6.45) is 2.04. The van der Waals surface area contributed by atoms with Crippen LogP contribution in [0.15, 0.2) is 11.2 Å². The van der Waals surface area contributed by atoms with Gasteiger partial charge in [-0.2, -0.15) is 0 Å². The summed E-state index contributed by atoms with van der Waals surface area (Å²) >= 11 is 0. The van der Waals surface area contributed by atoms with Crippen molar-refractivity contribution in [1.82, 2.24) is 19.6 Å². The summed E-state index contributed by atoms with van der Waals surface area (Å²) in [6, 6.07) is 0.397. The van der Waals surface area contributed by atoms with E-state index in [4.69, 9.17) is 0 Å². The van der Waals surface area contributed by atoms with Gasteiger partial charge in [-0.1, -0.05) is 6.92 Å². The van der Waals surface area contributed by atoms with Crippen LogP contribution in [-0.2, 0) is 16.4 Å². The lowest BCUT2D eigenvalue weighted by Crippen LogP contribution is -2.36. The summed E-state index contributed by atoms with van der Waals surface area (Å²) in [7, 11) is -1.50. The molecular formula is C11H22N4O2S. The van der Waals surface area contributed by atoms with Crippen LogP contribution in [-0.4, -0.2) is 49.5 Å². The van der Waals surface area contributed by atoms with Crippen molar-refractivity contribution < 1.29 is 8.42 Å². The van der Waals surface area contributed by atoms with Crippen LogP contribution in [0, 0.1) is 0 Å². The Morgan fingerprint density at radius 1 is 1.50 bits per heavy atom. The van der Waals surface area contributed by atoms with Crippen molar-refractivity contribution in [2.24, 2.45) is 0 Å². The molecule has 0 aliphatic carbocycles. The number of sulfonamides is 1. The lowest BCUT2D eigenvalue weighted by atomic mass is 10.3. The molecule has 0 aromatic carbocycles. The second kappa shape index (κ2) is 6.31. The maximum Gasteiger partial charge on any atom is 0.257 e. The molecule has 0 saturated heterocycles. The van der Waals surface area contributed by atoms with Gasteiger partial charge in [-0.25, -0.2) is 18.1 Å². The molecular weight excluding hydrogens is 252 g/mol. The molecule has 1 aromatic heterocycles. The van der Waals surface area contributed by atoms with Crippen molar-refractivity contribution in [3.63, 3.8) is 0 Å². The number of aromatic nitrogens is 2. The van der Waals surface area contributed by atoms with Crippen LogP contribution in [0.3, 0.4) is 0 Å². The van der Waals surface area contributed by atoms with Crippen LogP contribution < -0.4 is 4.72 Å². The number of imidazole rings is 1. The van der Waals surface area contributed by atoms with Crippen LogP contribution in [0.5, 0.6) is 0 Å². The molecule has 0 aliphatic rings. The average Bonchev–Trinajstić information content (AvgIpc) is 2.77. The predicted octanol–water partition coefficient (Wildman–Crippen LogP) is 0.591. The van der Waals surface area contributed by atoms with E-state index >= 15 is 0 Å². The molecule has 1 aromatic rings. The Bertz CT molecular complexity index is 467. The third-order valence-corrected chi connectivity index (χ3v) is 4.24. The highest BCUT2D eigenvalue weighted by Crippen LogP contribution is 2.05. The normalized spacial score (nSPS) is 12.6. The first-order chi connectivity index (χ1) is 8.36. The smallest absolute Gasteiger partial charge is 0.257 e. The fourth-order valence-electron chi connectivity index (χ4n) is 1.35. The summed E-state index contributed by atoms with van der Waals surface area (Å²) < 4.78 is 26.4. The molecule has 0 fully saturated rings. The second-order valence-electron chi connectivity index (χ2n) is 4.52. The minimum absolute atomic E-state index is 0.131. The van der Waals surface area contributed by atoms with Crippen molar-refractivity contribution in [3.05, 3.63) is 12.0 Å². The summed E-state index contributed by atoms with van der Waals surface area (Å²) in [4.78, 5) is 8.85. The van der Waals surface area contributed by atoms with Gasteiger partial charge in [0.05, 0.1) is 6.20 Å². The van der Waals surface area contributed by atoms with E-state index in [1.807, 2.05) is 14.0 Å². The van der Waals surface area contributed by atoms with Crippen molar-refractivity contribution in [3.8, 4) is 0 Å². The van der Waals surface area contributed by atoms with Crippen LogP contribution in [0.4, 0.5) is 0 Å². The summed E-state index contributed by atoms with van der Waals surface area (Å²) in [6.45, 7) is 7.11. The van der Waals surface area contributed by atoms with E-state index in [0.717, 1.165) is 0 Å². The minimum atomic E-state index is -3.47. The Labute approximate surface area is 109 Å². The molecule has 6 nitrogen and oxygen atoms in total. The van der Waals surface area contributed by atoms with Gasteiger partial charge < -0.3 is 9.88 Å². The third-order valence-electron chi connectivity index (χ3n) is 2.87. The first-order valence-corrected chi connectivity index (χ1v) is 7.59. The maximum absolute atomic E-state index is 11.9. The van der Waals surface area contributed by atoms with E-state index in [2.05, 4.69) is 33.4 Å². The Morgan fingerprint density at radius 2 is 2.17 bits per heavy atom. The van der Waals surface area contributed by atoms with Gasteiger partial charge in [0, 0.05) is 25.6 Å². The van der Waals surface area contributed by atoms with E-state index in [1.54, 1.807) is 0 Å². The standard InChI is InChI=1S/C11H22N4O2S/c1-5-10-12-8-11(14-10)18(16,17)13-6-7-15(4)9(2)3/h8-9,13H,5-7H2,1-4H3,(H,12,14). The Morgan fingerprint density at radius 3 is 2.67 bits per heavy atom. The minimum Gasteiger partial charge on any atom is -0.332 e. The van der Waals surface area contributed by atoms with Crippen molar-refractivity contribution in [1.29, 1.82) is 0 Å². The molecule has 0 saturated carbocycles. The number of likely N-dealkylation sites (N-methyl/N-ethyl adjacent to an activating group) is 1. The molecule has 0 atom stereocenters. The summed E-state index contributed by atoms with van der Waals surface area (Å²) in [5, 5.41) is 0.131. The van der Waals surface area contributed by atoms with Crippen molar-refractivity contribution >= 4 is 10.0 Å². The van der Waals surface area contributed by atoms with Crippen LogP contribution in [0.25, 0.3) is 0 Å². The first kappa shape index (κ1) is 15.1. The van der Waals surface area contributed by atoms with Gasteiger partial charge in [0.25, 0.3) is 10.0 Å². The molecule has 0 radical (unpaired) electrons. The lowest BCUT2D eigenvalue weighted by molar-refractivity contribution is 0.278. The Kier molecular flexibility index (Phi) is 5.30. The van der Waals surface area contributed by atoms with E-state index in [0.29, 0.717) is 31.4 Å². The van der Waals surface area contributed by atoms with Crippen LogP contribution in [0.1, 0.15) is 26.6 Å². The van der Waals surface area contributed by atoms with Gasteiger partial charge >= 0.3 is 0 Å². The number of nitrogens with one attached hydrogen (secondary N) is 2. The highest BCUT2D eigenvalue weighted by molar-refractivity contribution is 7.89. The zero-order valence-electron chi connectivity index (χ0n) is 11.4. The molecule has 0 amide bonds. The molecule has 104 valence electrons. The van der Waals surface area contributed by atoms with Gasteiger partial charge in [0.1, 0.15) is 5.82 Å². The number of rotatable bonds is 7. The van der Waals surface area contributed by atoms with Gasteiger partial charge in [-0.15, -0.1) is 0 Å². The molecule has 1 heterocycles. The third kappa shape index (κ3) is 4.08. The average molecular weight is 274 g/mol. The second-order valence-corrected chi connectivity index (χ2v) is 6.26. The number of hydrogen-bond acceptors (Lipinski definition) is 4. The van der Waals surface area contributed by atoms with Gasteiger partial charge in [0.15, 0.2) is 5.03 Å². The summed E-state index contributed by atoms with van der Waals surface area (Å²) in [5.74, 6) is 0.676. The molecule has 7 heteroatoms. The predicted molar refractivity (Wildman–Crippen MR) is 70.9 cm³/mol. The van der Waals surface area contributed by atoms with Crippen LogP contribution in [0.2, 0.25) is 0 Å². The fourth-order valence-corrected chi connectivity index (χ4v) is 2.31. The Balaban J connectivity index is 2.55. The lowest BCUT2D eigenvalue weighted by Gasteiger charge is -2.20. The molecule has 2 N–H and O–H groups in total. The first-order valence-electron chi connectivity index (χ1n) is 6.10. The Hall–Kier alpha value is -0.920. The van der Waals surface area contributed by atoms with E-state index in [1.165, 1.54) is 6.20 Å². The molecule has 0 bridgehead atoms. The van der Waals surface area contributed by atoms with E-state index in [-0.39, 0.29) is 5.03 Å². The van der Waals surface area contributed by atoms with Crippen LogP contribution >= 0.6 is 0 Å². The number of aryl methyl sites for hydroxylation is 1. The molecule has 0 unspecified atom stereocenters. The van der Waals surface area contributed by atoms with Crippen molar-refractivity contribution in [2.45, 2.75) is 38.3 Å². The molecule has 1 rings (SSSR count). The highest BCUT2D eigenvalue weighted by atomic mass is 32.2. The molecule has 18 heavy (non-hydrogen) atoms. The molecule has 0 aliphatic heterocycles. The van der Waals surface area contributed by atoms with Gasteiger partial charge in [-0.05, 0) is 20.9 Å². The number of aromatic amines is 1.